The molecule has 3 N–H and O–H groups in total. The van der Waals surface area contributed by atoms with Gasteiger partial charge in [0.05, 0.1) is 46.9 Å². The molecule has 53 heavy (non-hydrogen) atoms. The van der Waals surface area contributed by atoms with Crippen LogP contribution in [0.1, 0.15) is 55.6 Å². The number of nitrogens with one attached hydrogen (secondary N) is 3. The van der Waals surface area contributed by atoms with E-state index in [9.17, 15) is 18.0 Å². The number of halogens is 1. The summed E-state index contributed by atoms with van der Waals surface area (Å²) in [4.78, 5) is 48.3. The molecule has 1 saturated heterocycles. The van der Waals surface area contributed by atoms with Crippen LogP contribution in [0.5, 0.6) is 0 Å². The third-order valence-corrected chi connectivity index (χ3v) is 10.1. The molecule has 0 aliphatic carbocycles. The zero-order valence-corrected chi connectivity index (χ0v) is 31.5. The third-order valence-electron chi connectivity index (χ3n) is 9.12. The first-order valence-electron chi connectivity index (χ1n) is 17.6. The number of aromatic nitrogens is 4. The van der Waals surface area contributed by atoms with Gasteiger partial charge in [-0.25, -0.2) is 18.4 Å². The molecule has 13 nitrogen and oxygen atoms in total. The minimum atomic E-state index is -3.61. The molecule has 1 amide bonds. The number of amides is 1. The highest BCUT2D eigenvalue weighted by Gasteiger charge is 2.26. The molecule has 278 valence electrons. The molecule has 1 aliphatic heterocycles. The van der Waals surface area contributed by atoms with Crippen LogP contribution in [-0.2, 0) is 26.1 Å². The number of ether oxygens (including phenoxy) is 1. The molecule has 0 bridgehead atoms. The van der Waals surface area contributed by atoms with Crippen molar-refractivity contribution >= 4 is 67.0 Å². The lowest BCUT2D eigenvalue weighted by atomic mass is 9.94. The lowest BCUT2D eigenvalue weighted by Gasteiger charge is -2.29. The maximum atomic E-state index is 14.5. The van der Waals surface area contributed by atoms with Gasteiger partial charge in [-0.3, -0.25) is 23.9 Å². The van der Waals surface area contributed by atoms with E-state index in [0.29, 0.717) is 36.4 Å². The first-order chi connectivity index (χ1) is 25.5. The number of morpholine rings is 1. The number of rotatable bonds is 14. The van der Waals surface area contributed by atoms with Gasteiger partial charge in [0.15, 0.2) is 11.5 Å². The van der Waals surface area contributed by atoms with Crippen molar-refractivity contribution in [2.45, 2.75) is 52.0 Å². The highest BCUT2D eigenvalue weighted by molar-refractivity contribution is 7.92. The summed E-state index contributed by atoms with van der Waals surface area (Å²) in [6.45, 7) is 7.07. The van der Waals surface area contributed by atoms with E-state index in [1.54, 1.807) is 18.5 Å². The number of benzene rings is 2. The van der Waals surface area contributed by atoms with Gasteiger partial charge in [-0.1, -0.05) is 37.4 Å². The van der Waals surface area contributed by atoms with Crippen molar-refractivity contribution in [1.82, 2.24) is 19.5 Å². The molecule has 0 saturated carbocycles. The largest absolute Gasteiger partial charge is 0.378 e. The number of fused-ring (bicyclic) bond motifs is 1. The fourth-order valence-electron chi connectivity index (χ4n) is 6.40. The molecular formula is C38H43ClN8O5S. The Morgan fingerprint density at radius 3 is 2.62 bits per heavy atom. The number of aromatic amines is 1. The summed E-state index contributed by atoms with van der Waals surface area (Å²) in [5.41, 5.74) is 3.47. The molecule has 1 atom stereocenters. The Morgan fingerprint density at radius 2 is 1.91 bits per heavy atom. The first kappa shape index (κ1) is 37.7. The van der Waals surface area contributed by atoms with Gasteiger partial charge in [0.2, 0.25) is 10.0 Å². The molecule has 6 rings (SSSR count). The van der Waals surface area contributed by atoms with Crippen molar-refractivity contribution in [3.05, 3.63) is 106 Å². The molecule has 5 aromatic rings. The van der Waals surface area contributed by atoms with Gasteiger partial charge in [-0.05, 0) is 79.9 Å². The Labute approximate surface area is 313 Å². The molecule has 15 heteroatoms. The van der Waals surface area contributed by atoms with E-state index in [1.807, 2.05) is 43.3 Å². The second-order valence-electron chi connectivity index (χ2n) is 13.1. The minimum Gasteiger partial charge on any atom is -0.378 e. The number of pyridine rings is 1. The second-order valence-corrected chi connectivity index (χ2v) is 15.2. The maximum Gasteiger partial charge on any atom is 0.278 e. The van der Waals surface area contributed by atoms with E-state index in [0.717, 1.165) is 55.6 Å². The summed E-state index contributed by atoms with van der Waals surface area (Å²) < 4.78 is 33.4. The zero-order chi connectivity index (χ0) is 37.5. The van der Waals surface area contributed by atoms with Crippen LogP contribution in [0.4, 0.5) is 22.7 Å². The average molecular weight is 759 g/mol. The molecular weight excluding hydrogens is 716 g/mol. The first-order valence-corrected chi connectivity index (χ1v) is 19.9. The van der Waals surface area contributed by atoms with Crippen LogP contribution in [0.25, 0.3) is 11.0 Å². The van der Waals surface area contributed by atoms with Crippen LogP contribution in [0.15, 0.2) is 82.8 Å². The second kappa shape index (κ2) is 16.7. The van der Waals surface area contributed by atoms with Crippen LogP contribution in [-0.4, -0.2) is 72.1 Å². The molecule has 1 aliphatic rings. The van der Waals surface area contributed by atoms with Gasteiger partial charge in [-0.15, -0.1) is 0 Å². The summed E-state index contributed by atoms with van der Waals surface area (Å²) in [6.07, 6.45) is 7.87. The fourth-order valence-corrected chi connectivity index (χ4v) is 7.12. The summed E-state index contributed by atoms with van der Waals surface area (Å²) in [6, 6.07) is 17.7. The normalized spacial score (nSPS) is 14.3. The fraction of sp³-hybridized carbons (Fsp3) is 0.342. The third kappa shape index (κ3) is 9.31. The summed E-state index contributed by atoms with van der Waals surface area (Å²) in [5, 5.41) is 3.36. The Bertz CT molecular complexity index is 2290. The molecule has 2 aromatic carbocycles. The van der Waals surface area contributed by atoms with E-state index >= 15 is 0 Å². The summed E-state index contributed by atoms with van der Waals surface area (Å²) >= 11 is 6.52. The van der Waals surface area contributed by atoms with Crippen molar-refractivity contribution in [2.24, 2.45) is 4.99 Å². The zero-order valence-electron chi connectivity index (χ0n) is 29.9. The number of aliphatic imine (C=N–C) groups is 1. The Kier molecular flexibility index (Phi) is 11.9. The van der Waals surface area contributed by atoms with Crippen molar-refractivity contribution in [3.63, 3.8) is 0 Å². The molecule has 3 aromatic heterocycles. The number of unbranched alkanes of at least 4 members (excludes halogenated alkanes) is 1. The number of hydrogen-bond acceptors (Lipinski definition) is 9. The average Bonchev–Trinajstić information content (AvgIpc) is 3.62. The number of aryl methyl sites for hydroxylation is 1. The summed E-state index contributed by atoms with van der Waals surface area (Å²) in [7, 11) is -3.61. The molecule has 0 spiro atoms. The number of sulfonamides is 1. The quantitative estimate of drug-likeness (QED) is 0.109. The predicted molar refractivity (Wildman–Crippen MR) is 210 cm³/mol. The van der Waals surface area contributed by atoms with Gasteiger partial charge in [0.25, 0.3) is 11.5 Å². The van der Waals surface area contributed by atoms with E-state index in [2.05, 4.69) is 31.8 Å². The molecule has 4 heterocycles. The summed E-state index contributed by atoms with van der Waals surface area (Å²) in [5.74, 6) is -0.569. The van der Waals surface area contributed by atoms with Crippen LogP contribution in [0, 0.1) is 6.92 Å². The Balaban J connectivity index is 1.46. The Morgan fingerprint density at radius 1 is 1.09 bits per heavy atom. The van der Waals surface area contributed by atoms with Crippen molar-refractivity contribution < 1.29 is 17.9 Å². The van der Waals surface area contributed by atoms with Crippen molar-refractivity contribution in [3.8, 4) is 0 Å². The SMILES string of the molecule is CCCCC(CCn1c(/C(=N\c2ccc(N3CCOCC3)cc2C)C(=O)Nc2cc(NS(C)(=O)=O)ccc2Cl)nc2[nH]ccc2c1=O)c1ccccn1. The highest BCUT2D eigenvalue weighted by Crippen LogP contribution is 2.30. The number of H-pyrrole nitrogens is 1. The Hall–Kier alpha value is -5.05. The van der Waals surface area contributed by atoms with Gasteiger partial charge < -0.3 is 19.9 Å². The van der Waals surface area contributed by atoms with E-state index in [1.165, 1.54) is 22.8 Å². The van der Waals surface area contributed by atoms with Gasteiger partial charge in [-0.2, -0.15) is 0 Å². The van der Waals surface area contributed by atoms with Crippen LogP contribution in [0.2, 0.25) is 5.02 Å². The van der Waals surface area contributed by atoms with E-state index in [4.69, 9.17) is 26.3 Å². The topological polar surface area (TPSA) is 164 Å². The van der Waals surface area contributed by atoms with Gasteiger partial charge in [0.1, 0.15) is 5.65 Å². The number of nitrogens with zero attached hydrogens (tertiary/aromatic N) is 5. The van der Waals surface area contributed by atoms with Crippen molar-refractivity contribution in [1.29, 1.82) is 0 Å². The highest BCUT2D eigenvalue weighted by atomic mass is 35.5. The molecule has 1 unspecified atom stereocenters. The van der Waals surface area contributed by atoms with Crippen molar-refractivity contribution in [2.75, 3.05) is 47.5 Å². The smallest absolute Gasteiger partial charge is 0.278 e. The van der Waals surface area contributed by atoms with E-state index < -0.39 is 15.9 Å². The number of carbonyl (C=O) groups is 1. The van der Waals surface area contributed by atoms with Gasteiger partial charge >= 0.3 is 0 Å². The number of anilines is 3. The minimum absolute atomic E-state index is 0.0610. The monoisotopic (exact) mass is 758 g/mol. The maximum absolute atomic E-state index is 14.5. The van der Waals surface area contributed by atoms with Gasteiger partial charge in [0, 0.05) is 49.3 Å². The lowest BCUT2D eigenvalue weighted by Crippen LogP contribution is -2.36. The standard InChI is InChI=1S/C38H43ClN8O5S/c1-4-5-8-26(32-9-6-7-16-40-32)15-18-47-36(44-35-29(38(47)49)14-17-41-35)34(37(48)43-33-24-27(10-12-30(33)39)45-53(3,50)51)42-31-13-11-28(23-25(31)2)46-19-21-52-22-20-46/h6-7,9-14,16-17,23-24,26,41,45H,4-5,8,15,18-22H2,1-3H3,(H,43,48)/b42-34+. The van der Waals surface area contributed by atoms with Crippen LogP contribution < -0.4 is 20.5 Å². The lowest BCUT2D eigenvalue weighted by molar-refractivity contribution is -0.110. The van der Waals surface area contributed by atoms with E-state index in [-0.39, 0.29) is 46.0 Å². The molecule has 0 radical (unpaired) electrons. The molecule has 1 fully saturated rings. The predicted octanol–water partition coefficient (Wildman–Crippen LogP) is 6.41. The number of hydrogen-bond donors (Lipinski definition) is 3. The van der Waals surface area contributed by atoms with Crippen LogP contribution >= 0.6 is 11.6 Å². The number of carbonyl (C=O) groups excluding carboxylic acids is 1. The van der Waals surface area contributed by atoms with Crippen LogP contribution in [0.3, 0.4) is 0 Å².